The SMILES string of the molecule is Cc1ccc(C)c(N(CC(=O)N(Cc2ccc(Br)cc2)[C@H](C)C(=O)NC2CCCC2)S(=O)(=O)c2ccccc2)c1. The van der Waals surface area contributed by atoms with Crippen LogP contribution in [-0.2, 0) is 26.2 Å². The van der Waals surface area contributed by atoms with Crippen LogP contribution in [0.5, 0.6) is 0 Å². The monoisotopic (exact) mass is 625 g/mol. The van der Waals surface area contributed by atoms with E-state index in [1.807, 2.05) is 50.2 Å². The minimum Gasteiger partial charge on any atom is -0.352 e. The van der Waals surface area contributed by atoms with Crippen LogP contribution in [0.2, 0.25) is 0 Å². The Hall–Kier alpha value is -3.17. The van der Waals surface area contributed by atoms with Gasteiger partial charge in [0, 0.05) is 17.1 Å². The molecule has 0 unspecified atom stereocenters. The third kappa shape index (κ3) is 7.12. The lowest BCUT2D eigenvalue weighted by molar-refractivity contribution is -0.139. The van der Waals surface area contributed by atoms with E-state index in [1.54, 1.807) is 31.2 Å². The maximum atomic E-state index is 14.1. The average molecular weight is 627 g/mol. The number of sulfonamides is 1. The fraction of sp³-hybridized carbons (Fsp3) is 0.355. The molecule has 1 fully saturated rings. The molecule has 0 radical (unpaired) electrons. The Labute approximate surface area is 245 Å². The lowest BCUT2D eigenvalue weighted by Crippen LogP contribution is -2.52. The van der Waals surface area contributed by atoms with Crippen LogP contribution in [0.3, 0.4) is 0 Å². The molecule has 1 N–H and O–H groups in total. The molecule has 0 aliphatic heterocycles. The number of carbonyl (C=O) groups is 2. The molecular formula is C31H36BrN3O4S. The van der Waals surface area contributed by atoms with Crippen LogP contribution in [0.1, 0.15) is 49.3 Å². The summed E-state index contributed by atoms with van der Waals surface area (Å²) in [5.74, 6) is -0.695. The maximum absolute atomic E-state index is 14.1. The first kappa shape index (κ1) is 29.8. The van der Waals surface area contributed by atoms with Crippen LogP contribution in [0.4, 0.5) is 5.69 Å². The van der Waals surface area contributed by atoms with Crippen molar-refractivity contribution in [2.45, 2.75) is 70.0 Å². The van der Waals surface area contributed by atoms with Crippen molar-refractivity contribution in [2.75, 3.05) is 10.8 Å². The quantitative estimate of drug-likeness (QED) is 0.311. The number of hydrogen-bond donors (Lipinski definition) is 1. The van der Waals surface area contributed by atoms with Crippen LogP contribution in [0.25, 0.3) is 0 Å². The number of benzene rings is 3. The highest BCUT2D eigenvalue weighted by Gasteiger charge is 2.33. The molecule has 0 bridgehead atoms. The van der Waals surface area contributed by atoms with Gasteiger partial charge in [0.1, 0.15) is 12.6 Å². The lowest BCUT2D eigenvalue weighted by atomic mass is 10.1. The molecule has 4 rings (SSSR count). The summed E-state index contributed by atoms with van der Waals surface area (Å²) in [5.41, 5.74) is 2.87. The summed E-state index contributed by atoms with van der Waals surface area (Å²) in [5, 5.41) is 3.09. The van der Waals surface area contributed by atoms with E-state index in [9.17, 15) is 18.0 Å². The third-order valence-electron chi connectivity index (χ3n) is 7.38. The molecule has 2 amide bonds. The Kier molecular flexibility index (Phi) is 9.68. The molecule has 3 aromatic rings. The maximum Gasteiger partial charge on any atom is 0.264 e. The predicted octanol–water partition coefficient (Wildman–Crippen LogP) is 5.74. The second-order valence-electron chi connectivity index (χ2n) is 10.4. The summed E-state index contributed by atoms with van der Waals surface area (Å²) in [6, 6.07) is 20.5. The van der Waals surface area contributed by atoms with Gasteiger partial charge in [0.2, 0.25) is 11.8 Å². The number of carbonyl (C=O) groups excluding carboxylic acids is 2. The van der Waals surface area contributed by atoms with Crippen LogP contribution < -0.4 is 9.62 Å². The first-order valence-electron chi connectivity index (χ1n) is 13.6. The second-order valence-corrected chi connectivity index (χ2v) is 13.2. The number of nitrogens with one attached hydrogen (secondary N) is 1. The topological polar surface area (TPSA) is 86.8 Å². The molecule has 40 heavy (non-hydrogen) atoms. The predicted molar refractivity (Wildman–Crippen MR) is 161 cm³/mol. The van der Waals surface area contributed by atoms with E-state index in [2.05, 4.69) is 21.2 Å². The lowest BCUT2D eigenvalue weighted by Gasteiger charge is -2.33. The van der Waals surface area contributed by atoms with Crippen LogP contribution in [0.15, 0.2) is 82.2 Å². The van der Waals surface area contributed by atoms with Gasteiger partial charge in [0.25, 0.3) is 10.0 Å². The first-order valence-corrected chi connectivity index (χ1v) is 15.8. The molecule has 0 spiro atoms. The summed E-state index contributed by atoms with van der Waals surface area (Å²) < 4.78 is 30.0. The molecule has 1 aliphatic rings. The average Bonchev–Trinajstić information content (AvgIpc) is 3.45. The summed E-state index contributed by atoms with van der Waals surface area (Å²) in [6.45, 7) is 5.13. The number of anilines is 1. The van der Waals surface area contributed by atoms with Gasteiger partial charge in [-0.05, 0) is 80.6 Å². The molecule has 1 aliphatic carbocycles. The smallest absolute Gasteiger partial charge is 0.264 e. The highest BCUT2D eigenvalue weighted by Crippen LogP contribution is 2.28. The fourth-order valence-corrected chi connectivity index (χ4v) is 6.74. The highest BCUT2D eigenvalue weighted by atomic mass is 79.9. The Morgan fingerprint density at radius 3 is 2.27 bits per heavy atom. The standard InChI is InChI=1S/C31H36BrN3O4S/c1-22-13-14-23(2)29(19-22)35(40(38,39)28-11-5-4-6-12-28)21-30(36)34(20-25-15-17-26(32)18-16-25)24(3)31(37)33-27-9-7-8-10-27/h4-6,11-19,24,27H,7-10,20-21H2,1-3H3,(H,33,37)/t24-/m1/s1. The number of rotatable bonds is 10. The minimum absolute atomic E-state index is 0.0928. The van der Waals surface area contributed by atoms with Crippen molar-refractivity contribution >= 4 is 43.5 Å². The molecule has 0 heterocycles. The van der Waals surface area contributed by atoms with Gasteiger partial charge >= 0.3 is 0 Å². The van der Waals surface area contributed by atoms with Crippen molar-refractivity contribution in [3.63, 3.8) is 0 Å². The molecular weight excluding hydrogens is 590 g/mol. The van der Waals surface area contributed by atoms with Gasteiger partial charge in [-0.2, -0.15) is 0 Å². The third-order valence-corrected chi connectivity index (χ3v) is 9.68. The zero-order valence-electron chi connectivity index (χ0n) is 23.1. The van der Waals surface area contributed by atoms with E-state index < -0.39 is 28.5 Å². The molecule has 212 valence electrons. The number of hydrogen-bond acceptors (Lipinski definition) is 4. The number of aryl methyl sites for hydroxylation is 2. The summed E-state index contributed by atoms with van der Waals surface area (Å²) >= 11 is 3.44. The number of nitrogens with zero attached hydrogens (tertiary/aromatic N) is 2. The molecule has 9 heteroatoms. The summed E-state index contributed by atoms with van der Waals surface area (Å²) in [6.07, 6.45) is 4.00. The van der Waals surface area contributed by atoms with Crippen molar-refractivity contribution < 1.29 is 18.0 Å². The largest absolute Gasteiger partial charge is 0.352 e. The van der Waals surface area contributed by atoms with E-state index in [4.69, 9.17) is 0 Å². The zero-order chi connectivity index (χ0) is 28.9. The number of halogens is 1. The van der Waals surface area contributed by atoms with Crippen molar-refractivity contribution in [3.05, 3.63) is 94.0 Å². The second kappa shape index (κ2) is 13.0. The molecule has 7 nitrogen and oxygen atoms in total. The minimum atomic E-state index is -4.09. The van der Waals surface area contributed by atoms with Gasteiger partial charge in [-0.15, -0.1) is 0 Å². The van der Waals surface area contributed by atoms with E-state index >= 15 is 0 Å². The Morgan fingerprint density at radius 1 is 0.975 bits per heavy atom. The van der Waals surface area contributed by atoms with Gasteiger partial charge in [-0.25, -0.2) is 8.42 Å². The van der Waals surface area contributed by atoms with Gasteiger partial charge in [0.15, 0.2) is 0 Å². The van der Waals surface area contributed by atoms with Crippen LogP contribution in [0, 0.1) is 13.8 Å². The zero-order valence-corrected chi connectivity index (χ0v) is 25.5. The molecule has 3 aromatic carbocycles. The van der Waals surface area contributed by atoms with E-state index in [0.29, 0.717) is 5.69 Å². The normalized spacial score (nSPS) is 14.5. The first-order chi connectivity index (χ1) is 19.1. The Morgan fingerprint density at radius 2 is 1.62 bits per heavy atom. The van der Waals surface area contributed by atoms with Crippen LogP contribution >= 0.6 is 15.9 Å². The van der Waals surface area contributed by atoms with Crippen LogP contribution in [-0.4, -0.2) is 43.8 Å². The Balaban J connectivity index is 1.70. The van der Waals surface area contributed by atoms with Gasteiger partial charge < -0.3 is 10.2 Å². The molecule has 0 saturated heterocycles. The summed E-state index contributed by atoms with van der Waals surface area (Å²) in [7, 11) is -4.09. The van der Waals surface area contributed by atoms with Crippen molar-refractivity contribution in [1.29, 1.82) is 0 Å². The molecule has 0 aromatic heterocycles. The van der Waals surface area contributed by atoms with Crippen molar-refractivity contribution in [2.24, 2.45) is 0 Å². The van der Waals surface area contributed by atoms with Gasteiger partial charge in [0.05, 0.1) is 10.6 Å². The fourth-order valence-electron chi connectivity index (χ4n) is 4.98. The molecule has 1 saturated carbocycles. The Bertz CT molecular complexity index is 1440. The molecule has 1 atom stereocenters. The van der Waals surface area contributed by atoms with E-state index in [0.717, 1.165) is 46.8 Å². The summed E-state index contributed by atoms with van der Waals surface area (Å²) in [4.78, 5) is 29.0. The van der Waals surface area contributed by atoms with E-state index in [-0.39, 0.29) is 23.4 Å². The number of amides is 2. The van der Waals surface area contributed by atoms with Gasteiger partial charge in [-0.1, -0.05) is 71.2 Å². The van der Waals surface area contributed by atoms with Crippen molar-refractivity contribution in [1.82, 2.24) is 10.2 Å². The van der Waals surface area contributed by atoms with E-state index in [1.165, 1.54) is 21.3 Å². The highest BCUT2D eigenvalue weighted by molar-refractivity contribution is 9.10. The van der Waals surface area contributed by atoms with Crippen molar-refractivity contribution in [3.8, 4) is 0 Å². The van der Waals surface area contributed by atoms with Gasteiger partial charge in [-0.3, -0.25) is 13.9 Å².